The van der Waals surface area contributed by atoms with E-state index in [0.29, 0.717) is 67.5 Å². The van der Waals surface area contributed by atoms with Gasteiger partial charge in [0.15, 0.2) is 28.8 Å². The Balaban J connectivity index is 1.15. The van der Waals surface area contributed by atoms with Crippen LogP contribution in [-0.4, -0.2) is 47.9 Å². The number of hydrogen-bond donors (Lipinski definition) is 0. The van der Waals surface area contributed by atoms with Gasteiger partial charge in [0.2, 0.25) is 5.91 Å². The third-order valence-corrected chi connectivity index (χ3v) is 6.24. The van der Waals surface area contributed by atoms with E-state index in [1.807, 2.05) is 0 Å². The van der Waals surface area contributed by atoms with E-state index in [9.17, 15) is 14.0 Å². The first-order valence-corrected chi connectivity index (χ1v) is 11.8. The van der Waals surface area contributed by atoms with Gasteiger partial charge in [-0.2, -0.15) is 0 Å². The highest BCUT2D eigenvalue weighted by Gasteiger charge is 2.28. The maximum atomic E-state index is 14.4. The summed E-state index contributed by atoms with van der Waals surface area (Å²) in [6.45, 7) is 1.93. The molecule has 0 saturated carbocycles. The fourth-order valence-corrected chi connectivity index (χ4v) is 4.31. The lowest BCUT2D eigenvalue weighted by Crippen LogP contribution is -2.39. The molecule has 1 saturated heterocycles. The van der Waals surface area contributed by atoms with E-state index in [1.165, 1.54) is 24.4 Å². The Morgan fingerprint density at radius 2 is 1.83 bits per heavy atom. The van der Waals surface area contributed by atoms with Crippen LogP contribution in [0.5, 0.6) is 23.0 Å². The normalized spacial score (nSPS) is 15.6. The summed E-state index contributed by atoms with van der Waals surface area (Å²) >= 11 is 0. The molecule has 0 bridgehead atoms. The first kappa shape index (κ1) is 23.5. The summed E-state index contributed by atoms with van der Waals surface area (Å²) in [4.78, 5) is 31.3. The van der Waals surface area contributed by atoms with Gasteiger partial charge in [-0.3, -0.25) is 14.6 Å². The zero-order valence-corrected chi connectivity index (χ0v) is 19.6. The summed E-state index contributed by atoms with van der Waals surface area (Å²) in [6, 6.07) is 13.2. The molecule has 5 rings (SSSR count). The van der Waals surface area contributed by atoms with E-state index in [4.69, 9.17) is 14.2 Å². The Kier molecular flexibility index (Phi) is 6.93. The minimum Gasteiger partial charge on any atom is -0.486 e. The molecule has 0 N–H and O–H groups in total. The molecule has 0 radical (unpaired) electrons. The molecule has 0 spiro atoms. The van der Waals surface area contributed by atoms with Crippen molar-refractivity contribution in [3.63, 3.8) is 0 Å². The van der Waals surface area contributed by atoms with Gasteiger partial charge in [-0.25, -0.2) is 4.39 Å². The molecule has 0 aliphatic carbocycles. The fourth-order valence-electron chi connectivity index (χ4n) is 4.31. The van der Waals surface area contributed by atoms with Crippen molar-refractivity contribution in [3.8, 4) is 23.0 Å². The molecule has 2 aliphatic heterocycles. The highest BCUT2D eigenvalue weighted by Crippen LogP contribution is 2.32. The number of carbonyl (C=O) groups excluding carboxylic acids is 2. The highest BCUT2D eigenvalue weighted by atomic mass is 19.1. The number of pyridine rings is 1. The standard InChI is InChI=1S/C28H25FN2O5/c29-23-16-19(3-6-24(23)36-22-2-1-11-30-18-22)4-8-27(32)31-12-9-20(10-13-31)28(33)21-5-7-25-26(17-21)35-15-14-34-25/h1-8,11,16-18,20H,9-10,12-15H2/b8-4+. The number of aromatic nitrogens is 1. The molecule has 8 heteroatoms. The SMILES string of the molecule is O=C(c1ccc2c(c1)OCCO2)C1CCN(C(=O)/C=C/c2ccc(Oc3cccnc3)c(F)c2)CC1. The molecule has 3 aromatic rings. The number of hydrogen-bond acceptors (Lipinski definition) is 6. The summed E-state index contributed by atoms with van der Waals surface area (Å²) in [5.74, 6) is 0.962. The lowest BCUT2D eigenvalue weighted by Gasteiger charge is -2.30. The van der Waals surface area contributed by atoms with Gasteiger partial charge in [-0.1, -0.05) is 6.07 Å². The number of rotatable bonds is 6. The van der Waals surface area contributed by atoms with Crippen molar-refractivity contribution in [2.24, 2.45) is 5.92 Å². The Morgan fingerprint density at radius 1 is 1.03 bits per heavy atom. The third-order valence-electron chi connectivity index (χ3n) is 6.24. The third kappa shape index (κ3) is 5.38. The van der Waals surface area contributed by atoms with Gasteiger partial charge in [-0.15, -0.1) is 0 Å². The quantitative estimate of drug-likeness (QED) is 0.362. The number of ether oxygens (including phenoxy) is 3. The van der Waals surface area contributed by atoms with Gasteiger partial charge in [0.1, 0.15) is 19.0 Å². The lowest BCUT2D eigenvalue weighted by molar-refractivity contribution is -0.127. The molecule has 0 unspecified atom stereocenters. The second-order valence-corrected chi connectivity index (χ2v) is 8.64. The zero-order chi connectivity index (χ0) is 24.9. The van der Waals surface area contributed by atoms with Crippen LogP contribution in [0.1, 0.15) is 28.8 Å². The molecular formula is C28H25FN2O5. The maximum Gasteiger partial charge on any atom is 0.246 e. The molecule has 1 aromatic heterocycles. The summed E-state index contributed by atoms with van der Waals surface area (Å²) in [5.41, 5.74) is 1.14. The van der Waals surface area contributed by atoms with Crippen LogP contribution in [-0.2, 0) is 4.79 Å². The van der Waals surface area contributed by atoms with Gasteiger partial charge in [-0.05, 0) is 66.9 Å². The predicted octanol–water partition coefficient (Wildman–Crippen LogP) is 4.92. The number of likely N-dealkylation sites (tertiary alicyclic amines) is 1. The number of benzene rings is 2. The molecule has 1 amide bonds. The van der Waals surface area contributed by atoms with E-state index in [-0.39, 0.29) is 23.4 Å². The second-order valence-electron chi connectivity index (χ2n) is 8.64. The number of nitrogens with zero attached hydrogens (tertiary/aromatic N) is 2. The maximum absolute atomic E-state index is 14.4. The van der Waals surface area contributed by atoms with Crippen LogP contribution < -0.4 is 14.2 Å². The number of carbonyl (C=O) groups is 2. The summed E-state index contributed by atoms with van der Waals surface area (Å²) < 4.78 is 31.0. The van der Waals surface area contributed by atoms with Crippen LogP contribution in [0.3, 0.4) is 0 Å². The van der Waals surface area contributed by atoms with Crippen molar-refractivity contribution >= 4 is 17.8 Å². The monoisotopic (exact) mass is 488 g/mol. The van der Waals surface area contributed by atoms with Crippen LogP contribution in [0.2, 0.25) is 0 Å². The lowest BCUT2D eigenvalue weighted by atomic mass is 9.88. The van der Waals surface area contributed by atoms with Crippen molar-refractivity contribution in [1.82, 2.24) is 9.88 Å². The minimum absolute atomic E-state index is 0.0543. The van der Waals surface area contributed by atoms with Crippen LogP contribution in [0.25, 0.3) is 6.08 Å². The van der Waals surface area contributed by atoms with Gasteiger partial charge >= 0.3 is 0 Å². The summed E-state index contributed by atoms with van der Waals surface area (Å²) in [5, 5.41) is 0. The summed E-state index contributed by atoms with van der Waals surface area (Å²) in [6.07, 6.45) is 7.28. The Morgan fingerprint density at radius 3 is 2.58 bits per heavy atom. The minimum atomic E-state index is -0.535. The first-order valence-electron chi connectivity index (χ1n) is 11.8. The van der Waals surface area contributed by atoms with E-state index in [1.54, 1.807) is 53.6 Å². The van der Waals surface area contributed by atoms with Crippen molar-refractivity contribution in [3.05, 3.63) is 83.9 Å². The Bertz CT molecular complexity index is 1290. The number of amides is 1. The van der Waals surface area contributed by atoms with Gasteiger partial charge < -0.3 is 19.1 Å². The van der Waals surface area contributed by atoms with Crippen LogP contribution >= 0.6 is 0 Å². The number of ketones is 1. The molecule has 2 aliphatic rings. The number of fused-ring (bicyclic) bond motifs is 1. The molecular weight excluding hydrogens is 463 g/mol. The van der Waals surface area contributed by atoms with E-state index < -0.39 is 5.82 Å². The fraction of sp³-hybridized carbons (Fsp3) is 0.250. The van der Waals surface area contributed by atoms with Crippen molar-refractivity contribution in [2.75, 3.05) is 26.3 Å². The molecule has 3 heterocycles. The first-order chi connectivity index (χ1) is 17.6. The number of Topliss-reactive ketones (excluding diaryl/α,β-unsaturated/α-hetero) is 1. The average molecular weight is 489 g/mol. The van der Waals surface area contributed by atoms with Gasteiger partial charge in [0.25, 0.3) is 0 Å². The molecule has 2 aromatic carbocycles. The Labute approximate surface area is 208 Å². The largest absolute Gasteiger partial charge is 0.486 e. The van der Waals surface area contributed by atoms with E-state index in [2.05, 4.69) is 4.98 Å². The van der Waals surface area contributed by atoms with Gasteiger partial charge in [0, 0.05) is 36.8 Å². The molecule has 184 valence electrons. The second kappa shape index (κ2) is 10.6. The van der Waals surface area contributed by atoms with E-state index >= 15 is 0 Å². The smallest absolute Gasteiger partial charge is 0.246 e. The molecule has 1 fully saturated rings. The topological polar surface area (TPSA) is 78.0 Å². The van der Waals surface area contributed by atoms with Crippen molar-refractivity contribution < 1.29 is 28.2 Å². The molecule has 7 nitrogen and oxygen atoms in total. The average Bonchev–Trinajstić information content (AvgIpc) is 2.93. The van der Waals surface area contributed by atoms with Crippen molar-refractivity contribution in [2.45, 2.75) is 12.8 Å². The van der Waals surface area contributed by atoms with Crippen LogP contribution in [0, 0.1) is 11.7 Å². The molecule has 0 atom stereocenters. The van der Waals surface area contributed by atoms with Crippen molar-refractivity contribution in [1.29, 1.82) is 0 Å². The van der Waals surface area contributed by atoms with Gasteiger partial charge in [0.05, 0.1) is 6.20 Å². The Hall–Kier alpha value is -4.20. The highest BCUT2D eigenvalue weighted by molar-refractivity contribution is 5.99. The van der Waals surface area contributed by atoms with E-state index in [0.717, 1.165) is 0 Å². The summed E-state index contributed by atoms with van der Waals surface area (Å²) in [7, 11) is 0. The number of halogens is 1. The zero-order valence-electron chi connectivity index (χ0n) is 19.6. The van der Waals surface area contributed by atoms with Crippen LogP contribution in [0.15, 0.2) is 67.0 Å². The van der Waals surface area contributed by atoms with Crippen LogP contribution in [0.4, 0.5) is 4.39 Å². The predicted molar refractivity (Wildman–Crippen MR) is 131 cm³/mol. The molecule has 36 heavy (non-hydrogen) atoms. The number of piperidine rings is 1.